The van der Waals surface area contributed by atoms with E-state index in [9.17, 15) is 14.4 Å². The van der Waals surface area contributed by atoms with Crippen molar-refractivity contribution in [2.75, 3.05) is 11.9 Å². The van der Waals surface area contributed by atoms with Crippen LogP contribution in [-0.4, -0.2) is 29.6 Å². The minimum atomic E-state index is -1.20. The average Bonchev–Trinajstić information content (AvgIpc) is 2.83. The van der Waals surface area contributed by atoms with Crippen molar-refractivity contribution in [2.24, 2.45) is 0 Å². The molecule has 0 atom stereocenters. The number of rotatable bonds is 5. The van der Waals surface area contributed by atoms with Crippen LogP contribution in [0.5, 0.6) is 0 Å². The number of carboxylic acids is 1. The molecule has 1 heterocycles. The zero-order chi connectivity index (χ0) is 16.1. The number of carbonyl (C=O) groups is 3. The van der Waals surface area contributed by atoms with Crippen LogP contribution < -0.4 is 5.32 Å². The van der Waals surface area contributed by atoms with Crippen molar-refractivity contribution < 1.29 is 24.2 Å². The first kappa shape index (κ1) is 16.2. The lowest BCUT2D eigenvalue weighted by atomic mass is 9.95. The van der Waals surface area contributed by atoms with Crippen LogP contribution in [0.1, 0.15) is 40.6 Å². The Morgan fingerprint density at radius 1 is 1.27 bits per heavy atom. The number of amides is 1. The summed E-state index contributed by atoms with van der Waals surface area (Å²) in [5.41, 5.74) is 1.37. The van der Waals surface area contributed by atoms with Crippen molar-refractivity contribution in [3.63, 3.8) is 0 Å². The average molecular weight is 323 g/mol. The first-order valence-electron chi connectivity index (χ1n) is 7.06. The first-order chi connectivity index (χ1) is 10.5. The van der Waals surface area contributed by atoms with E-state index < -0.39 is 17.8 Å². The lowest BCUT2D eigenvalue weighted by molar-refractivity contribution is -0.131. The van der Waals surface area contributed by atoms with Gasteiger partial charge in [-0.1, -0.05) is 0 Å². The molecule has 0 saturated carbocycles. The van der Waals surface area contributed by atoms with E-state index in [-0.39, 0.29) is 6.61 Å². The highest BCUT2D eigenvalue weighted by atomic mass is 32.1. The highest BCUT2D eigenvalue weighted by molar-refractivity contribution is 7.17. The van der Waals surface area contributed by atoms with Crippen LogP contribution in [-0.2, 0) is 27.2 Å². The summed E-state index contributed by atoms with van der Waals surface area (Å²) >= 11 is 1.36. The summed E-state index contributed by atoms with van der Waals surface area (Å²) in [6, 6.07) is 0. The van der Waals surface area contributed by atoms with Crippen molar-refractivity contribution in [1.82, 2.24) is 0 Å². The second kappa shape index (κ2) is 7.22. The molecule has 118 valence electrons. The van der Waals surface area contributed by atoms with E-state index >= 15 is 0 Å². The number of ether oxygens (including phenoxy) is 1. The van der Waals surface area contributed by atoms with Gasteiger partial charge in [0.15, 0.2) is 0 Å². The molecule has 0 aromatic carbocycles. The number of carbonyl (C=O) groups excluding carboxylic acids is 2. The number of aryl methyl sites for hydroxylation is 1. The molecule has 7 heteroatoms. The molecule has 1 amide bonds. The summed E-state index contributed by atoms with van der Waals surface area (Å²) in [5, 5.41) is 11.6. The van der Waals surface area contributed by atoms with Crippen LogP contribution in [0, 0.1) is 0 Å². The molecule has 0 bridgehead atoms. The Labute approximate surface area is 131 Å². The Morgan fingerprint density at radius 3 is 2.68 bits per heavy atom. The Hall–Kier alpha value is -2.15. The van der Waals surface area contributed by atoms with Crippen molar-refractivity contribution in [2.45, 2.75) is 32.6 Å². The molecule has 22 heavy (non-hydrogen) atoms. The number of hydrogen-bond acceptors (Lipinski definition) is 5. The van der Waals surface area contributed by atoms with Gasteiger partial charge in [-0.05, 0) is 38.2 Å². The molecular formula is C15H17NO5S. The predicted octanol–water partition coefficient (Wildman–Crippen LogP) is 2.38. The van der Waals surface area contributed by atoms with Crippen molar-refractivity contribution in [1.29, 1.82) is 0 Å². The topological polar surface area (TPSA) is 92.7 Å². The normalized spacial score (nSPS) is 13.7. The zero-order valence-electron chi connectivity index (χ0n) is 12.2. The van der Waals surface area contributed by atoms with E-state index in [2.05, 4.69) is 5.32 Å². The second-order valence-corrected chi connectivity index (χ2v) is 5.90. The molecular weight excluding hydrogens is 306 g/mol. The molecule has 0 aliphatic heterocycles. The fourth-order valence-electron chi connectivity index (χ4n) is 2.37. The predicted molar refractivity (Wildman–Crippen MR) is 82.3 cm³/mol. The number of nitrogens with one attached hydrogen (secondary N) is 1. The standard InChI is InChI=1S/C15H17NO5S/c1-2-21-15(20)13-9-5-3-4-6-10(9)22-14(13)16-11(17)7-8-12(18)19/h7-8H,2-6H2,1H3,(H,16,17)(H,18,19)/b8-7-. The molecule has 2 rings (SSSR count). The number of hydrogen-bond donors (Lipinski definition) is 2. The Morgan fingerprint density at radius 2 is 2.00 bits per heavy atom. The summed E-state index contributed by atoms with van der Waals surface area (Å²) in [7, 11) is 0. The van der Waals surface area contributed by atoms with Crippen LogP contribution in [0.4, 0.5) is 5.00 Å². The van der Waals surface area contributed by atoms with Gasteiger partial charge < -0.3 is 15.2 Å². The SMILES string of the molecule is CCOC(=O)c1c(NC(=O)/C=C\C(=O)O)sc2c1CCCC2. The molecule has 0 radical (unpaired) electrons. The molecule has 0 saturated heterocycles. The first-order valence-corrected chi connectivity index (χ1v) is 7.88. The number of esters is 1. The van der Waals surface area contributed by atoms with Crippen molar-refractivity contribution >= 4 is 34.2 Å². The van der Waals surface area contributed by atoms with Gasteiger partial charge in [0, 0.05) is 17.0 Å². The van der Waals surface area contributed by atoms with Gasteiger partial charge in [0.2, 0.25) is 5.91 Å². The van der Waals surface area contributed by atoms with Crippen LogP contribution in [0.15, 0.2) is 12.2 Å². The molecule has 6 nitrogen and oxygen atoms in total. The lowest BCUT2D eigenvalue weighted by Gasteiger charge is -2.12. The smallest absolute Gasteiger partial charge is 0.341 e. The van der Waals surface area contributed by atoms with Crippen LogP contribution in [0.2, 0.25) is 0 Å². The van der Waals surface area contributed by atoms with E-state index in [1.807, 2.05) is 0 Å². The number of carboxylic acid groups (broad SMARTS) is 1. The Kier molecular flexibility index (Phi) is 5.32. The van der Waals surface area contributed by atoms with E-state index in [1.165, 1.54) is 11.3 Å². The quantitative estimate of drug-likeness (QED) is 0.641. The molecule has 0 unspecified atom stereocenters. The van der Waals surface area contributed by atoms with Gasteiger partial charge in [-0.15, -0.1) is 11.3 Å². The highest BCUT2D eigenvalue weighted by Crippen LogP contribution is 2.38. The fraction of sp³-hybridized carbons (Fsp3) is 0.400. The maximum Gasteiger partial charge on any atom is 0.341 e. The minimum absolute atomic E-state index is 0.260. The second-order valence-electron chi connectivity index (χ2n) is 4.80. The third-order valence-corrected chi connectivity index (χ3v) is 4.47. The molecule has 1 aromatic heterocycles. The third-order valence-electron chi connectivity index (χ3n) is 3.26. The van der Waals surface area contributed by atoms with Crippen LogP contribution in [0.25, 0.3) is 0 Å². The van der Waals surface area contributed by atoms with Gasteiger partial charge >= 0.3 is 11.9 Å². The van der Waals surface area contributed by atoms with Crippen molar-refractivity contribution in [3.8, 4) is 0 Å². The van der Waals surface area contributed by atoms with Gasteiger partial charge in [-0.2, -0.15) is 0 Å². The molecule has 0 fully saturated rings. The van der Waals surface area contributed by atoms with E-state index in [0.717, 1.165) is 48.3 Å². The molecule has 1 aromatic rings. The summed E-state index contributed by atoms with van der Waals surface area (Å²) in [6.07, 6.45) is 5.42. The Bertz CT molecular complexity index is 632. The molecule has 1 aliphatic carbocycles. The van der Waals surface area contributed by atoms with E-state index in [0.29, 0.717) is 10.6 Å². The monoisotopic (exact) mass is 323 g/mol. The summed E-state index contributed by atoms with van der Waals surface area (Å²) in [5.74, 6) is -2.22. The van der Waals surface area contributed by atoms with Crippen molar-refractivity contribution in [3.05, 3.63) is 28.2 Å². The summed E-state index contributed by atoms with van der Waals surface area (Å²) in [6.45, 7) is 1.99. The van der Waals surface area contributed by atoms with E-state index in [4.69, 9.17) is 9.84 Å². The van der Waals surface area contributed by atoms with Gasteiger partial charge in [0.25, 0.3) is 0 Å². The summed E-state index contributed by atoms with van der Waals surface area (Å²) < 4.78 is 5.08. The Balaban J connectivity index is 2.29. The van der Waals surface area contributed by atoms with Crippen LogP contribution in [0.3, 0.4) is 0 Å². The number of aliphatic carboxylic acids is 1. The highest BCUT2D eigenvalue weighted by Gasteiger charge is 2.26. The molecule has 2 N–H and O–H groups in total. The largest absolute Gasteiger partial charge is 0.478 e. The van der Waals surface area contributed by atoms with Gasteiger partial charge in [0.05, 0.1) is 12.2 Å². The lowest BCUT2D eigenvalue weighted by Crippen LogP contribution is -2.14. The van der Waals surface area contributed by atoms with E-state index in [1.54, 1.807) is 6.92 Å². The number of thiophene rings is 1. The maximum absolute atomic E-state index is 12.2. The third kappa shape index (κ3) is 3.73. The van der Waals surface area contributed by atoms with Gasteiger partial charge in [-0.3, -0.25) is 4.79 Å². The molecule has 0 spiro atoms. The minimum Gasteiger partial charge on any atom is -0.478 e. The number of anilines is 1. The maximum atomic E-state index is 12.2. The zero-order valence-corrected chi connectivity index (χ0v) is 13.0. The molecule has 1 aliphatic rings. The number of fused-ring (bicyclic) bond motifs is 1. The van der Waals surface area contributed by atoms with Crippen LogP contribution >= 0.6 is 11.3 Å². The van der Waals surface area contributed by atoms with Gasteiger partial charge in [0.1, 0.15) is 5.00 Å². The summed E-state index contributed by atoms with van der Waals surface area (Å²) in [4.78, 5) is 35.4. The van der Waals surface area contributed by atoms with Gasteiger partial charge in [-0.25, -0.2) is 9.59 Å². The fourth-order valence-corrected chi connectivity index (χ4v) is 3.65.